The second kappa shape index (κ2) is 7.48. The summed E-state index contributed by atoms with van der Waals surface area (Å²) in [6.45, 7) is -1.29. The van der Waals surface area contributed by atoms with Crippen LogP contribution in [0.2, 0.25) is 0 Å². The molecule has 3 heterocycles. The quantitative estimate of drug-likeness (QED) is 0.647. The molecule has 30 heavy (non-hydrogen) atoms. The molecule has 9 heteroatoms. The van der Waals surface area contributed by atoms with Crippen LogP contribution in [0.4, 0.5) is 19.0 Å². The van der Waals surface area contributed by atoms with Crippen molar-refractivity contribution < 1.29 is 22.7 Å². The number of ether oxygens (including phenoxy) is 1. The Bertz CT molecular complexity index is 1150. The fourth-order valence-corrected chi connectivity index (χ4v) is 3.20. The number of fused-ring (bicyclic) bond motifs is 1. The number of para-hydroxylation sites is 1. The molecule has 0 spiro atoms. The molecule has 0 atom stereocenters. The molecule has 0 bridgehead atoms. The van der Waals surface area contributed by atoms with E-state index in [9.17, 15) is 18.0 Å². The predicted molar refractivity (Wildman–Crippen MR) is 101 cm³/mol. The van der Waals surface area contributed by atoms with E-state index >= 15 is 0 Å². The second-order valence-corrected chi connectivity index (χ2v) is 6.49. The lowest BCUT2D eigenvalue weighted by atomic mass is 10.0. The van der Waals surface area contributed by atoms with Crippen LogP contribution < -0.4 is 9.64 Å². The third kappa shape index (κ3) is 3.67. The van der Waals surface area contributed by atoms with Gasteiger partial charge in [0.2, 0.25) is 0 Å². The molecule has 3 aromatic rings. The molecule has 0 saturated heterocycles. The van der Waals surface area contributed by atoms with Crippen molar-refractivity contribution in [3.8, 4) is 23.1 Å². The van der Waals surface area contributed by atoms with Crippen molar-refractivity contribution >= 4 is 11.7 Å². The summed E-state index contributed by atoms with van der Waals surface area (Å²) < 4.78 is 42.8. The molecule has 1 aromatic carbocycles. The second-order valence-electron chi connectivity index (χ2n) is 6.49. The Morgan fingerprint density at radius 2 is 1.90 bits per heavy atom. The Labute approximate surface area is 169 Å². The number of rotatable bonds is 4. The fraction of sp³-hybridized carbons (Fsp3) is 0.143. The number of anilines is 1. The molecule has 1 amide bonds. The third-order valence-corrected chi connectivity index (χ3v) is 4.53. The highest BCUT2D eigenvalue weighted by atomic mass is 19.4. The van der Waals surface area contributed by atoms with E-state index < -0.39 is 12.8 Å². The number of pyridine rings is 2. The van der Waals surface area contributed by atoms with E-state index in [1.807, 2.05) is 6.07 Å². The molecule has 0 saturated carbocycles. The van der Waals surface area contributed by atoms with Crippen molar-refractivity contribution in [3.63, 3.8) is 0 Å². The first-order valence-electron chi connectivity index (χ1n) is 8.82. The molecule has 1 aliphatic heterocycles. The molecular formula is C21H13F3N4O2. The van der Waals surface area contributed by atoms with Gasteiger partial charge in [0.25, 0.3) is 5.91 Å². The molecule has 150 valence electrons. The summed E-state index contributed by atoms with van der Waals surface area (Å²) in [5.41, 5.74) is 2.05. The van der Waals surface area contributed by atoms with Gasteiger partial charge in [-0.15, -0.1) is 0 Å². The number of amides is 1. The van der Waals surface area contributed by atoms with Crippen LogP contribution in [0.15, 0.2) is 54.9 Å². The van der Waals surface area contributed by atoms with Crippen LogP contribution in [0.3, 0.4) is 0 Å². The van der Waals surface area contributed by atoms with Gasteiger partial charge in [-0.1, -0.05) is 12.1 Å². The van der Waals surface area contributed by atoms with E-state index in [1.165, 1.54) is 23.4 Å². The summed E-state index contributed by atoms with van der Waals surface area (Å²) in [4.78, 5) is 22.8. The number of alkyl halides is 3. The first-order chi connectivity index (χ1) is 14.4. The number of hydrogen-bond acceptors (Lipinski definition) is 5. The van der Waals surface area contributed by atoms with Crippen molar-refractivity contribution in [1.82, 2.24) is 9.97 Å². The van der Waals surface area contributed by atoms with Gasteiger partial charge < -0.3 is 4.74 Å². The first kappa shape index (κ1) is 19.4. The van der Waals surface area contributed by atoms with Crippen molar-refractivity contribution in [3.05, 3.63) is 71.5 Å². The van der Waals surface area contributed by atoms with Crippen LogP contribution in [0.25, 0.3) is 11.3 Å². The molecule has 0 aliphatic carbocycles. The van der Waals surface area contributed by atoms with Crippen LogP contribution in [-0.2, 0) is 6.54 Å². The highest BCUT2D eigenvalue weighted by Crippen LogP contribution is 2.37. The van der Waals surface area contributed by atoms with E-state index in [-0.39, 0.29) is 18.2 Å². The van der Waals surface area contributed by atoms with E-state index in [0.717, 1.165) is 0 Å². The summed E-state index contributed by atoms with van der Waals surface area (Å²) in [5.74, 6) is 0.0837. The first-order valence-corrected chi connectivity index (χ1v) is 8.82. The van der Waals surface area contributed by atoms with Gasteiger partial charge in [-0.25, -0.2) is 4.98 Å². The van der Waals surface area contributed by atoms with Gasteiger partial charge in [0.15, 0.2) is 6.61 Å². The Balaban J connectivity index is 1.71. The zero-order valence-corrected chi connectivity index (χ0v) is 15.3. The maximum Gasteiger partial charge on any atom is 0.422 e. The lowest BCUT2D eigenvalue weighted by Crippen LogP contribution is -2.23. The van der Waals surface area contributed by atoms with Gasteiger partial charge in [-0.3, -0.25) is 14.7 Å². The number of aromatic nitrogens is 2. The Morgan fingerprint density at radius 3 is 2.60 bits per heavy atom. The molecule has 0 N–H and O–H groups in total. The number of halogens is 3. The molecule has 2 aromatic heterocycles. The average Bonchev–Trinajstić information content (AvgIpc) is 3.09. The highest BCUT2D eigenvalue weighted by Gasteiger charge is 2.33. The maximum absolute atomic E-state index is 12.9. The summed E-state index contributed by atoms with van der Waals surface area (Å²) >= 11 is 0. The van der Waals surface area contributed by atoms with Crippen LogP contribution in [-0.4, -0.2) is 28.7 Å². The van der Waals surface area contributed by atoms with Crippen LogP contribution in [0.1, 0.15) is 21.5 Å². The van der Waals surface area contributed by atoms with E-state index in [4.69, 9.17) is 10.00 Å². The average molecular weight is 410 g/mol. The number of nitrogens with zero attached hydrogens (tertiary/aromatic N) is 4. The Hall–Kier alpha value is -3.93. The molecule has 0 fully saturated rings. The number of hydrogen-bond donors (Lipinski definition) is 0. The lowest BCUT2D eigenvalue weighted by Gasteiger charge is -2.15. The SMILES string of the molecule is N#Cc1ccc(N2Cc3c(ccnc3-c3ccccc3OCC(F)(F)F)C2=O)nc1. The Kier molecular flexibility index (Phi) is 4.83. The predicted octanol–water partition coefficient (Wildman–Crippen LogP) is 4.12. The Morgan fingerprint density at radius 1 is 1.10 bits per heavy atom. The van der Waals surface area contributed by atoms with Gasteiger partial charge >= 0.3 is 6.18 Å². The molecule has 0 radical (unpaired) electrons. The zero-order valence-electron chi connectivity index (χ0n) is 15.3. The largest absolute Gasteiger partial charge is 0.483 e. The van der Waals surface area contributed by atoms with Crippen molar-refractivity contribution in [2.24, 2.45) is 0 Å². The minimum absolute atomic E-state index is 0.0260. The summed E-state index contributed by atoms with van der Waals surface area (Å²) in [6.07, 6.45) is -1.68. The smallest absolute Gasteiger partial charge is 0.422 e. The van der Waals surface area contributed by atoms with Gasteiger partial charge in [0.1, 0.15) is 17.6 Å². The summed E-state index contributed by atoms with van der Waals surface area (Å²) in [6, 6.07) is 12.9. The van der Waals surface area contributed by atoms with Gasteiger partial charge in [-0.2, -0.15) is 18.4 Å². The van der Waals surface area contributed by atoms with Crippen molar-refractivity contribution in [2.75, 3.05) is 11.5 Å². The van der Waals surface area contributed by atoms with Gasteiger partial charge in [0.05, 0.1) is 17.8 Å². The standard InChI is InChI=1S/C21H13F3N4O2/c22-21(23,24)12-30-17-4-2-1-3-15(17)19-16-11-28(20(29)14(16)7-8-26-19)18-6-5-13(9-25)10-27-18/h1-8,10H,11-12H2. The number of nitriles is 1. The molecular weight excluding hydrogens is 397 g/mol. The van der Waals surface area contributed by atoms with Crippen molar-refractivity contribution in [1.29, 1.82) is 5.26 Å². The topological polar surface area (TPSA) is 79.1 Å². The number of benzene rings is 1. The van der Waals surface area contributed by atoms with E-state index in [1.54, 1.807) is 36.4 Å². The molecule has 4 rings (SSSR count). The monoisotopic (exact) mass is 410 g/mol. The van der Waals surface area contributed by atoms with E-state index in [2.05, 4.69) is 9.97 Å². The van der Waals surface area contributed by atoms with Gasteiger partial charge in [0, 0.05) is 29.1 Å². The maximum atomic E-state index is 12.9. The zero-order chi connectivity index (χ0) is 21.3. The normalized spacial score (nSPS) is 13.1. The minimum Gasteiger partial charge on any atom is -0.483 e. The van der Waals surface area contributed by atoms with Crippen LogP contribution >= 0.6 is 0 Å². The van der Waals surface area contributed by atoms with Crippen LogP contribution in [0, 0.1) is 11.3 Å². The van der Waals surface area contributed by atoms with Crippen LogP contribution in [0.5, 0.6) is 5.75 Å². The van der Waals surface area contributed by atoms with E-state index in [0.29, 0.717) is 33.8 Å². The molecule has 1 aliphatic rings. The number of carbonyl (C=O) groups excluding carboxylic acids is 1. The highest BCUT2D eigenvalue weighted by molar-refractivity contribution is 6.10. The van der Waals surface area contributed by atoms with Crippen molar-refractivity contribution in [2.45, 2.75) is 12.7 Å². The summed E-state index contributed by atoms with van der Waals surface area (Å²) in [7, 11) is 0. The van der Waals surface area contributed by atoms with Gasteiger partial charge in [-0.05, 0) is 30.3 Å². The third-order valence-electron chi connectivity index (χ3n) is 4.53. The molecule has 6 nitrogen and oxygen atoms in total. The number of carbonyl (C=O) groups is 1. The molecule has 0 unspecified atom stereocenters. The fourth-order valence-electron chi connectivity index (χ4n) is 3.20. The lowest BCUT2D eigenvalue weighted by molar-refractivity contribution is -0.153. The minimum atomic E-state index is -4.48. The summed E-state index contributed by atoms with van der Waals surface area (Å²) in [5, 5.41) is 8.91.